The number of hydrogen-bond donors (Lipinski definition) is 3. The van der Waals surface area contributed by atoms with Gasteiger partial charge in [0.25, 0.3) is 0 Å². The van der Waals surface area contributed by atoms with Gasteiger partial charge in [-0.1, -0.05) is 12.8 Å². The quantitative estimate of drug-likeness (QED) is 0.725. The fourth-order valence-electron chi connectivity index (χ4n) is 4.59. The van der Waals surface area contributed by atoms with Crippen LogP contribution in [-0.2, 0) is 9.53 Å². The molecule has 3 fully saturated rings. The monoisotopic (exact) mass is 323 g/mol. The van der Waals surface area contributed by atoms with Gasteiger partial charge in [0.2, 0.25) is 5.91 Å². The second kappa shape index (κ2) is 5.36. The minimum atomic E-state index is -0.418. The maximum Gasteiger partial charge on any atom is 0.315 e. The number of hydrogen-bond acceptors (Lipinski definition) is 3. The van der Waals surface area contributed by atoms with Gasteiger partial charge in [0, 0.05) is 0 Å². The van der Waals surface area contributed by atoms with Crippen LogP contribution in [0, 0.1) is 0 Å². The smallest absolute Gasteiger partial charge is 0.315 e. The van der Waals surface area contributed by atoms with E-state index in [1.54, 1.807) is 0 Å². The number of carbonyl (C=O) groups is 2. The molecule has 6 nitrogen and oxygen atoms in total. The Balaban J connectivity index is 1.66. The summed E-state index contributed by atoms with van der Waals surface area (Å²) in [6.07, 6.45) is 5.13. The first-order valence-corrected chi connectivity index (χ1v) is 8.70. The van der Waals surface area contributed by atoms with Crippen molar-refractivity contribution in [1.29, 1.82) is 0 Å². The zero-order chi connectivity index (χ0) is 16.9. The predicted octanol–water partition coefficient (Wildman–Crippen LogP) is 1.83. The third-order valence-corrected chi connectivity index (χ3v) is 5.59. The molecule has 6 heteroatoms. The highest BCUT2D eigenvalue weighted by Gasteiger charge is 2.50. The zero-order valence-corrected chi connectivity index (χ0v) is 14.6. The lowest BCUT2D eigenvalue weighted by Gasteiger charge is -2.39. The van der Waals surface area contributed by atoms with E-state index in [0.29, 0.717) is 6.42 Å². The Labute approximate surface area is 138 Å². The van der Waals surface area contributed by atoms with Gasteiger partial charge in [-0.25, -0.2) is 4.79 Å². The third-order valence-electron chi connectivity index (χ3n) is 5.59. The average molecular weight is 323 g/mol. The Kier molecular flexibility index (Phi) is 3.86. The Morgan fingerprint density at radius 3 is 2.65 bits per heavy atom. The van der Waals surface area contributed by atoms with Crippen molar-refractivity contribution >= 4 is 11.9 Å². The molecule has 0 spiro atoms. The van der Waals surface area contributed by atoms with Crippen LogP contribution in [0.3, 0.4) is 0 Å². The lowest BCUT2D eigenvalue weighted by molar-refractivity contribution is -0.119. The van der Waals surface area contributed by atoms with Crippen LogP contribution in [0.4, 0.5) is 4.79 Å². The van der Waals surface area contributed by atoms with Crippen LogP contribution < -0.4 is 16.0 Å². The highest BCUT2D eigenvalue weighted by molar-refractivity contribution is 5.84. The molecule has 2 aliphatic heterocycles. The van der Waals surface area contributed by atoms with Crippen molar-refractivity contribution in [2.45, 2.75) is 95.0 Å². The largest absolute Gasteiger partial charge is 0.367 e. The van der Waals surface area contributed by atoms with Crippen molar-refractivity contribution in [3.8, 4) is 0 Å². The molecule has 2 heterocycles. The standard InChI is InChI=1S/C17H29N3O3/c1-15(2)9-12(16(3,4)23-15)19-14(22)20-17-8-6-5-7-11(17)18-13(21)10-17/h11-12H,5-10H2,1-4H3,(H,18,21)(H2,19,20,22)/t11-,12?,17+/m0/s1. The van der Waals surface area contributed by atoms with Gasteiger partial charge in [0.05, 0.1) is 35.2 Å². The summed E-state index contributed by atoms with van der Waals surface area (Å²) in [5, 5.41) is 9.23. The van der Waals surface area contributed by atoms with Gasteiger partial charge in [0.15, 0.2) is 0 Å². The first-order valence-electron chi connectivity index (χ1n) is 8.70. The van der Waals surface area contributed by atoms with Gasteiger partial charge in [-0.3, -0.25) is 4.79 Å². The van der Waals surface area contributed by atoms with E-state index in [-0.39, 0.29) is 29.6 Å². The molecule has 0 aromatic rings. The summed E-state index contributed by atoms with van der Waals surface area (Å²) >= 11 is 0. The maximum atomic E-state index is 12.6. The molecule has 3 aliphatic rings. The summed E-state index contributed by atoms with van der Waals surface area (Å²) in [6, 6.07) is -0.160. The number of carbonyl (C=O) groups excluding carboxylic acids is 2. The number of fused-ring (bicyclic) bond motifs is 1. The first kappa shape index (κ1) is 16.6. The van der Waals surface area contributed by atoms with E-state index in [4.69, 9.17) is 4.74 Å². The van der Waals surface area contributed by atoms with Crippen molar-refractivity contribution in [1.82, 2.24) is 16.0 Å². The fourth-order valence-corrected chi connectivity index (χ4v) is 4.59. The minimum Gasteiger partial charge on any atom is -0.367 e. The van der Waals surface area contributed by atoms with Crippen LogP contribution in [0.5, 0.6) is 0 Å². The zero-order valence-electron chi connectivity index (χ0n) is 14.6. The van der Waals surface area contributed by atoms with Crippen molar-refractivity contribution in [3.63, 3.8) is 0 Å². The highest BCUT2D eigenvalue weighted by atomic mass is 16.5. The van der Waals surface area contributed by atoms with Gasteiger partial charge in [-0.05, 0) is 47.0 Å². The molecule has 0 aromatic carbocycles. The highest BCUT2D eigenvalue weighted by Crippen LogP contribution is 2.38. The lowest BCUT2D eigenvalue weighted by atomic mass is 9.78. The van der Waals surface area contributed by atoms with Crippen LogP contribution in [-0.4, -0.2) is 40.8 Å². The Morgan fingerprint density at radius 1 is 1.26 bits per heavy atom. The maximum absolute atomic E-state index is 12.6. The van der Waals surface area contributed by atoms with Crippen LogP contribution in [0.2, 0.25) is 0 Å². The summed E-state index contributed by atoms with van der Waals surface area (Å²) in [5.41, 5.74) is -1.05. The van der Waals surface area contributed by atoms with Gasteiger partial charge < -0.3 is 20.7 Å². The van der Waals surface area contributed by atoms with E-state index >= 15 is 0 Å². The van der Waals surface area contributed by atoms with Crippen molar-refractivity contribution < 1.29 is 14.3 Å². The molecule has 0 bridgehead atoms. The molecule has 3 amide bonds. The van der Waals surface area contributed by atoms with Gasteiger partial charge in [-0.2, -0.15) is 0 Å². The summed E-state index contributed by atoms with van der Waals surface area (Å²) < 4.78 is 6.03. The molecule has 1 unspecified atom stereocenters. The first-order chi connectivity index (χ1) is 10.6. The van der Waals surface area contributed by atoms with Crippen LogP contribution in [0.1, 0.15) is 66.2 Å². The molecule has 0 aromatic heterocycles. The second-order valence-electron chi connectivity index (χ2n) is 8.52. The van der Waals surface area contributed by atoms with Gasteiger partial charge in [0.1, 0.15) is 0 Å². The number of urea groups is 1. The normalized spacial score (nSPS) is 37.8. The molecule has 3 atom stereocenters. The summed E-state index contributed by atoms with van der Waals surface area (Å²) in [7, 11) is 0. The van der Waals surface area contributed by atoms with Crippen LogP contribution >= 0.6 is 0 Å². The number of nitrogens with one attached hydrogen (secondary N) is 3. The summed E-state index contributed by atoms with van der Waals surface area (Å²) in [6.45, 7) is 8.11. The molecule has 0 radical (unpaired) electrons. The molecular weight excluding hydrogens is 294 g/mol. The molecule has 23 heavy (non-hydrogen) atoms. The Hall–Kier alpha value is -1.30. The fraction of sp³-hybridized carbons (Fsp3) is 0.882. The summed E-state index contributed by atoms with van der Waals surface area (Å²) in [4.78, 5) is 24.4. The van der Waals surface area contributed by atoms with E-state index in [9.17, 15) is 9.59 Å². The Morgan fingerprint density at radius 2 is 2.00 bits per heavy atom. The van der Waals surface area contributed by atoms with E-state index in [1.165, 1.54) is 0 Å². The van der Waals surface area contributed by atoms with Gasteiger partial charge in [-0.15, -0.1) is 0 Å². The number of amides is 3. The number of rotatable bonds is 2. The van der Waals surface area contributed by atoms with E-state index in [2.05, 4.69) is 16.0 Å². The van der Waals surface area contributed by atoms with Gasteiger partial charge >= 0.3 is 6.03 Å². The topological polar surface area (TPSA) is 79.5 Å². The molecular formula is C17H29N3O3. The van der Waals surface area contributed by atoms with E-state index in [1.807, 2.05) is 27.7 Å². The predicted molar refractivity (Wildman–Crippen MR) is 87.1 cm³/mol. The second-order valence-corrected chi connectivity index (χ2v) is 8.52. The molecule has 2 saturated heterocycles. The molecule has 3 rings (SSSR count). The Bertz CT molecular complexity index is 517. The minimum absolute atomic E-state index is 0.0407. The van der Waals surface area contributed by atoms with Crippen LogP contribution in [0.15, 0.2) is 0 Å². The average Bonchev–Trinajstić information content (AvgIpc) is 2.81. The summed E-state index contributed by atoms with van der Waals surface area (Å²) in [5.74, 6) is 0.0443. The van der Waals surface area contributed by atoms with E-state index < -0.39 is 11.1 Å². The molecule has 130 valence electrons. The van der Waals surface area contributed by atoms with Crippen molar-refractivity contribution in [3.05, 3.63) is 0 Å². The lowest BCUT2D eigenvalue weighted by Crippen LogP contribution is -2.61. The van der Waals surface area contributed by atoms with Crippen molar-refractivity contribution in [2.75, 3.05) is 0 Å². The van der Waals surface area contributed by atoms with Crippen molar-refractivity contribution in [2.24, 2.45) is 0 Å². The molecule has 1 saturated carbocycles. The number of ether oxygens (including phenoxy) is 1. The molecule has 1 aliphatic carbocycles. The molecule has 3 N–H and O–H groups in total. The van der Waals surface area contributed by atoms with E-state index in [0.717, 1.165) is 32.1 Å². The SMILES string of the molecule is CC1(C)CC(NC(=O)N[C@@]23CCCC[C@@H]2NC(=O)C3)C(C)(C)O1. The van der Waals surface area contributed by atoms with Crippen LogP contribution in [0.25, 0.3) is 0 Å². The third kappa shape index (κ3) is 3.18.